The summed E-state index contributed by atoms with van der Waals surface area (Å²) in [6.07, 6.45) is 1.55. The molecule has 1 N–H and O–H groups in total. The Morgan fingerprint density at radius 1 is 1.28 bits per heavy atom. The fourth-order valence-electron chi connectivity index (χ4n) is 4.11. The van der Waals surface area contributed by atoms with Crippen LogP contribution in [-0.2, 0) is 14.3 Å². The van der Waals surface area contributed by atoms with Crippen molar-refractivity contribution < 1.29 is 28.9 Å². The summed E-state index contributed by atoms with van der Waals surface area (Å²) < 4.78 is 16.3. The molecule has 2 aromatic rings. The Hall–Kier alpha value is -2.26. The number of nitrogens with zero attached hydrogens (tertiary/aromatic N) is 1. The first-order valence-electron chi connectivity index (χ1n) is 9.92. The zero-order valence-corrected chi connectivity index (χ0v) is 19.7. The highest BCUT2D eigenvalue weighted by atomic mass is 35.5. The SMILES string of the molecule is COc1c(Cl)cc(/C(O)=C2/C(=O)C(=O)N(CC3CCCO3)C2c2cccs2)c(OC)c1Cl. The van der Waals surface area contributed by atoms with Gasteiger partial charge < -0.3 is 24.2 Å². The topological polar surface area (TPSA) is 85.3 Å². The van der Waals surface area contributed by atoms with Gasteiger partial charge in [0.1, 0.15) is 10.8 Å². The van der Waals surface area contributed by atoms with Gasteiger partial charge in [0.05, 0.1) is 42.5 Å². The molecule has 32 heavy (non-hydrogen) atoms. The molecule has 0 aliphatic carbocycles. The van der Waals surface area contributed by atoms with Crippen LogP contribution in [0.25, 0.3) is 5.76 Å². The van der Waals surface area contributed by atoms with Gasteiger partial charge in [-0.05, 0) is 30.4 Å². The number of ether oxygens (including phenoxy) is 3. The summed E-state index contributed by atoms with van der Waals surface area (Å²) in [6.45, 7) is 0.878. The molecule has 1 amide bonds. The number of thiophene rings is 1. The first-order chi connectivity index (χ1) is 15.4. The standard InChI is InChI=1S/C22H21Cl2NO6S/c1-29-20-12(9-13(23)21(30-2)16(20)24)18(26)15-17(14-6-4-8-32-14)25(22(28)19(15)27)10-11-5-3-7-31-11/h4,6,8-9,11,17,26H,3,5,7,10H2,1-2H3/b18-15-. The molecule has 0 saturated carbocycles. The van der Waals surface area contributed by atoms with E-state index in [9.17, 15) is 14.7 Å². The van der Waals surface area contributed by atoms with Gasteiger partial charge in [0, 0.05) is 18.0 Å². The van der Waals surface area contributed by atoms with Gasteiger partial charge in [-0.1, -0.05) is 29.3 Å². The highest BCUT2D eigenvalue weighted by Gasteiger charge is 2.47. The largest absolute Gasteiger partial charge is 0.507 e. The summed E-state index contributed by atoms with van der Waals surface area (Å²) in [5.74, 6) is -1.63. The monoisotopic (exact) mass is 497 g/mol. The van der Waals surface area contributed by atoms with Crippen LogP contribution in [0, 0.1) is 0 Å². The summed E-state index contributed by atoms with van der Waals surface area (Å²) >= 11 is 14.0. The van der Waals surface area contributed by atoms with Crippen LogP contribution in [0.5, 0.6) is 11.5 Å². The van der Waals surface area contributed by atoms with E-state index in [0.717, 1.165) is 17.7 Å². The maximum atomic E-state index is 13.1. The zero-order chi connectivity index (χ0) is 23.0. The summed E-state index contributed by atoms with van der Waals surface area (Å²) in [6, 6.07) is 4.29. The van der Waals surface area contributed by atoms with Crippen LogP contribution in [0.2, 0.25) is 10.0 Å². The third-order valence-corrected chi connectivity index (χ3v) is 7.12. The molecule has 1 aromatic heterocycles. The van der Waals surface area contributed by atoms with Crippen molar-refractivity contribution in [2.24, 2.45) is 0 Å². The van der Waals surface area contributed by atoms with E-state index < -0.39 is 23.5 Å². The molecule has 0 bridgehead atoms. The minimum absolute atomic E-state index is 0.0466. The number of aliphatic hydroxyl groups is 1. The average Bonchev–Trinajstić information content (AvgIpc) is 3.52. The van der Waals surface area contributed by atoms with Crippen LogP contribution in [0.15, 0.2) is 29.2 Å². The van der Waals surface area contributed by atoms with Crippen LogP contribution in [0.1, 0.15) is 29.3 Å². The summed E-state index contributed by atoms with van der Waals surface area (Å²) in [5, 5.41) is 13.3. The lowest BCUT2D eigenvalue weighted by Crippen LogP contribution is -2.36. The number of rotatable bonds is 6. The highest BCUT2D eigenvalue weighted by molar-refractivity contribution is 7.10. The predicted octanol–water partition coefficient (Wildman–Crippen LogP) is 4.67. The fourth-order valence-corrected chi connectivity index (χ4v) is 5.64. The van der Waals surface area contributed by atoms with Gasteiger partial charge in [0.2, 0.25) is 0 Å². The maximum Gasteiger partial charge on any atom is 0.295 e. The molecule has 2 fully saturated rings. The molecule has 170 valence electrons. The number of amides is 1. The van der Waals surface area contributed by atoms with Crippen LogP contribution in [0.4, 0.5) is 0 Å². The number of carbonyl (C=O) groups is 2. The second-order valence-electron chi connectivity index (χ2n) is 7.39. The lowest BCUT2D eigenvalue weighted by atomic mass is 9.99. The molecular weight excluding hydrogens is 477 g/mol. The van der Waals surface area contributed by atoms with Gasteiger partial charge in [-0.25, -0.2) is 0 Å². The van der Waals surface area contributed by atoms with E-state index >= 15 is 0 Å². The molecule has 0 spiro atoms. The Labute approximate surface area is 199 Å². The quantitative estimate of drug-likeness (QED) is 0.354. The maximum absolute atomic E-state index is 13.1. The fraction of sp³-hybridized carbons (Fsp3) is 0.364. The van der Waals surface area contributed by atoms with Gasteiger partial charge in [0.15, 0.2) is 11.5 Å². The van der Waals surface area contributed by atoms with E-state index in [1.54, 1.807) is 0 Å². The van der Waals surface area contributed by atoms with Crippen molar-refractivity contribution >= 4 is 52.0 Å². The number of ketones is 1. The summed E-state index contributed by atoms with van der Waals surface area (Å²) in [7, 11) is 2.78. The number of benzene rings is 1. The van der Waals surface area contributed by atoms with Crippen molar-refractivity contribution in [2.75, 3.05) is 27.4 Å². The number of halogens is 2. The first kappa shape index (κ1) is 22.9. The smallest absolute Gasteiger partial charge is 0.295 e. The minimum Gasteiger partial charge on any atom is -0.507 e. The molecule has 10 heteroatoms. The molecule has 2 saturated heterocycles. The molecule has 3 heterocycles. The van der Waals surface area contributed by atoms with Crippen LogP contribution >= 0.6 is 34.5 Å². The minimum atomic E-state index is -0.788. The zero-order valence-electron chi connectivity index (χ0n) is 17.4. The number of aliphatic hydroxyl groups excluding tert-OH is 1. The van der Waals surface area contributed by atoms with Crippen LogP contribution in [0.3, 0.4) is 0 Å². The first-order valence-corrected chi connectivity index (χ1v) is 11.6. The van der Waals surface area contributed by atoms with Crippen LogP contribution < -0.4 is 9.47 Å². The third kappa shape index (κ3) is 3.85. The number of hydrogen-bond acceptors (Lipinski definition) is 7. The summed E-state index contributed by atoms with van der Waals surface area (Å²) in [4.78, 5) is 28.3. The number of hydrogen-bond donors (Lipinski definition) is 1. The Kier molecular flexibility index (Phi) is 6.67. The number of carbonyl (C=O) groups excluding carboxylic acids is 2. The van der Waals surface area contributed by atoms with Crippen molar-refractivity contribution in [3.8, 4) is 11.5 Å². The third-order valence-electron chi connectivity index (χ3n) is 5.57. The van der Waals surface area contributed by atoms with Crippen molar-refractivity contribution in [2.45, 2.75) is 25.0 Å². The van der Waals surface area contributed by atoms with E-state index in [1.807, 2.05) is 17.5 Å². The Morgan fingerprint density at radius 3 is 2.62 bits per heavy atom. The molecule has 1 aromatic carbocycles. The molecule has 7 nitrogen and oxygen atoms in total. The number of Topliss-reactive ketones (excluding diaryl/α,β-unsaturated/α-hetero) is 1. The van der Waals surface area contributed by atoms with Crippen molar-refractivity contribution in [3.63, 3.8) is 0 Å². The van der Waals surface area contributed by atoms with Crippen LogP contribution in [-0.4, -0.2) is 55.2 Å². The van der Waals surface area contributed by atoms with E-state index in [2.05, 4.69) is 0 Å². The van der Waals surface area contributed by atoms with Crippen molar-refractivity contribution in [1.29, 1.82) is 0 Å². The molecule has 0 radical (unpaired) electrons. The van der Waals surface area contributed by atoms with Crippen molar-refractivity contribution in [3.05, 3.63) is 49.6 Å². The molecule has 2 aliphatic heterocycles. The van der Waals surface area contributed by atoms with E-state index in [4.69, 9.17) is 37.4 Å². The molecule has 4 rings (SSSR count). The molecule has 2 aliphatic rings. The van der Waals surface area contributed by atoms with E-state index in [-0.39, 0.29) is 45.3 Å². The van der Waals surface area contributed by atoms with Gasteiger partial charge in [-0.15, -0.1) is 11.3 Å². The number of methoxy groups -OCH3 is 2. The Bertz CT molecular complexity index is 1080. The van der Waals surface area contributed by atoms with E-state index in [1.165, 1.54) is 36.5 Å². The van der Waals surface area contributed by atoms with Gasteiger partial charge in [-0.2, -0.15) is 0 Å². The molecular formula is C22H21Cl2NO6S. The average molecular weight is 498 g/mol. The lowest BCUT2D eigenvalue weighted by molar-refractivity contribution is -0.140. The second kappa shape index (κ2) is 9.31. The van der Waals surface area contributed by atoms with Crippen molar-refractivity contribution in [1.82, 2.24) is 4.90 Å². The van der Waals surface area contributed by atoms with Gasteiger partial charge in [0.25, 0.3) is 11.7 Å². The van der Waals surface area contributed by atoms with E-state index in [0.29, 0.717) is 6.61 Å². The highest BCUT2D eigenvalue weighted by Crippen LogP contribution is 2.47. The van der Waals surface area contributed by atoms with Gasteiger partial charge >= 0.3 is 0 Å². The predicted molar refractivity (Wildman–Crippen MR) is 122 cm³/mol. The summed E-state index contributed by atoms with van der Waals surface area (Å²) in [5.41, 5.74) is 0.0472. The Morgan fingerprint density at radius 2 is 2.03 bits per heavy atom. The number of likely N-dealkylation sites (tertiary alicyclic amines) is 1. The van der Waals surface area contributed by atoms with Gasteiger partial charge in [-0.3, -0.25) is 9.59 Å². The lowest BCUT2D eigenvalue weighted by Gasteiger charge is -2.26. The second-order valence-corrected chi connectivity index (χ2v) is 9.15. The molecule has 2 unspecified atom stereocenters. The Balaban J connectivity index is 1.88. The normalized spacial score (nSPS) is 22.6. The molecule has 2 atom stereocenters.